The summed E-state index contributed by atoms with van der Waals surface area (Å²) in [5.74, 6) is 0. The monoisotopic (exact) mass is 329 g/mol. The third-order valence-electron chi connectivity index (χ3n) is 2.26. The summed E-state index contributed by atoms with van der Waals surface area (Å²) < 4.78 is 0. The number of hydroxylamine groups is 16. The van der Waals surface area contributed by atoms with Gasteiger partial charge in [0, 0.05) is 30.8 Å². The van der Waals surface area contributed by atoms with Gasteiger partial charge < -0.3 is 0 Å². The molecule has 0 rings (SSSR count). The lowest BCUT2D eigenvalue weighted by Crippen LogP contribution is -2.57. The van der Waals surface area contributed by atoms with Crippen LogP contribution in [0.15, 0.2) is 0 Å². The fraction of sp³-hybridized carbons (Fsp3) is 1.00. The molecule has 11 heteroatoms. The molecule has 0 unspecified atom stereocenters. The highest BCUT2D eigenvalue weighted by Crippen LogP contribution is 2.15. The Kier molecular flexibility index (Phi) is 8.25. The van der Waals surface area contributed by atoms with Crippen LogP contribution in [0, 0.1) is 0 Å². The molecule has 0 aromatic carbocycles. The number of nitrogens with zero attached hydrogens (tertiary/aromatic N) is 4. The fourth-order valence-corrected chi connectivity index (χ4v) is 1.78. The van der Waals surface area contributed by atoms with E-state index in [-0.39, 0.29) is 14.4 Å². The SMILES string of the molecule is CNO[N+](C)(C)ON(C)[C@H](C)O[N+](C)(C)O[N+](C)(C)ONC. The molecule has 0 aliphatic carbocycles. The van der Waals surface area contributed by atoms with Crippen molar-refractivity contribution in [1.82, 2.24) is 16.0 Å². The molecule has 11 nitrogen and oxygen atoms in total. The van der Waals surface area contributed by atoms with E-state index in [0.717, 1.165) is 0 Å². The Morgan fingerprint density at radius 1 is 0.818 bits per heavy atom. The molecule has 1 atom stereocenters. The first-order valence-electron chi connectivity index (χ1n) is 6.89. The van der Waals surface area contributed by atoms with E-state index in [9.17, 15) is 0 Å². The Labute approximate surface area is 132 Å². The third kappa shape index (κ3) is 8.87. The molecule has 134 valence electrons. The van der Waals surface area contributed by atoms with Crippen molar-refractivity contribution in [3.63, 3.8) is 0 Å². The van der Waals surface area contributed by atoms with Crippen molar-refractivity contribution in [2.24, 2.45) is 0 Å². The van der Waals surface area contributed by atoms with Crippen LogP contribution in [0.2, 0.25) is 0 Å². The van der Waals surface area contributed by atoms with Crippen LogP contribution in [0.25, 0.3) is 0 Å². The summed E-state index contributed by atoms with van der Waals surface area (Å²) in [7, 11) is 15.4. The first kappa shape index (κ1) is 21.6. The van der Waals surface area contributed by atoms with Crippen LogP contribution in [0.1, 0.15) is 6.92 Å². The van der Waals surface area contributed by atoms with Gasteiger partial charge in [0.2, 0.25) is 0 Å². The Morgan fingerprint density at radius 2 is 1.27 bits per heavy atom. The minimum Gasteiger partial charge on any atom is -0.147 e. The highest BCUT2D eigenvalue weighted by molar-refractivity contribution is 4.32. The first-order chi connectivity index (χ1) is 9.84. The Balaban J connectivity index is 4.58. The number of rotatable bonds is 11. The molecule has 0 saturated carbocycles. The van der Waals surface area contributed by atoms with Gasteiger partial charge in [-0.3, -0.25) is 0 Å². The number of nitrogens with one attached hydrogen (secondary N) is 2. The van der Waals surface area contributed by atoms with Crippen LogP contribution in [-0.2, 0) is 24.6 Å². The summed E-state index contributed by atoms with van der Waals surface area (Å²) >= 11 is 0. The maximum absolute atomic E-state index is 5.81. The molecule has 0 heterocycles. The van der Waals surface area contributed by atoms with Gasteiger partial charge in [-0.25, -0.2) is 0 Å². The van der Waals surface area contributed by atoms with Gasteiger partial charge in [-0.2, -0.15) is 0 Å². The molecule has 0 aliphatic rings. The van der Waals surface area contributed by atoms with Gasteiger partial charge in [0.05, 0.1) is 4.94 Å². The zero-order valence-corrected chi connectivity index (χ0v) is 15.4. The molecular weight excluding hydrogens is 296 g/mol. The summed E-state index contributed by atoms with van der Waals surface area (Å²) in [5, 5.41) is 1.51. The maximum Gasteiger partial charge on any atom is 0.198 e. The van der Waals surface area contributed by atoms with E-state index in [2.05, 4.69) is 11.0 Å². The second kappa shape index (κ2) is 8.42. The van der Waals surface area contributed by atoms with Crippen LogP contribution < -0.4 is 11.0 Å². The molecule has 0 saturated heterocycles. The van der Waals surface area contributed by atoms with Gasteiger partial charge in [0.1, 0.15) is 42.3 Å². The van der Waals surface area contributed by atoms with Crippen molar-refractivity contribution < 1.29 is 39.0 Å². The van der Waals surface area contributed by atoms with Gasteiger partial charge in [0.15, 0.2) is 6.23 Å². The quantitative estimate of drug-likeness (QED) is 0.291. The topological polar surface area (TPSA) is 73.5 Å². The van der Waals surface area contributed by atoms with Crippen LogP contribution >= 0.6 is 0 Å². The van der Waals surface area contributed by atoms with Crippen LogP contribution in [0.3, 0.4) is 0 Å². The summed E-state index contributed by atoms with van der Waals surface area (Å²) in [4.78, 5) is 26.9. The molecular formula is C11H33N6O5+3. The summed E-state index contributed by atoms with van der Waals surface area (Å²) in [6, 6.07) is 0. The van der Waals surface area contributed by atoms with Gasteiger partial charge in [0.25, 0.3) is 0 Å². The van der Waals surface area contributed by atoms with Gasteiger partial charge in [-0.1, -0.05) is 19.9 Å². The highest BCUT2D eigenvalue weighted by atomic mass is 17.2. The standard InChI is InChI=1S/C11H33N6O5/c1-11(14(4)21-16(7,8)19-12-2)18-15(5,6)22-17(9,10)20-13-3/h11-13H,1-10H3/q+3/t11-/m0/s1. The van der Waals surface area contributed by atoms with Gasteiger partial charge >= 0.3 is 0 Å². The van der Waals surface area contributed by atoms with Gasteiger partial charge in [-0.15, -0.1) is 15.8 Å². The number of quaternary nitrogens is 3. The zero-order chi connectivity index (χ0) is 17.6. The molecule has 0 fully saturated rings. The van der Waals surface area contributed by atoms with E-state index in [4.69, 9.17) is 24.6 Å². The molecule has 0 bridgehead atoms. The van der Waals surface area contributed by atoms with Crippen molar-refractivity contribution in [1.29, 1.82) is 0 Å². The fourth-order valence-electron chi connectivity index (χ4n) is 1.78. The minimum absolute atomic E-state index is 0.181. The van der Waals surface area contributed by atoms with Crippen LogP contribution in [-0.4, -0.2) is 89.1 Å². The number of hydrogen-bond acceptors (Lipinski definition) is 8. The van der Waals surface area contributed by atoms with E-state index in [0.29, 0.717) is 0 Å². The van der Waals surface area contributed by atoms with E-state index < -0.39 is 6.23 Å². The minimum atomic E-state index is -0.428. The lowest BCUT2D eigenvalue weighted by molar-refractivity contribution is -1.45. The Bertz CT molecular complexity index is 328. The van der Waals surface area contributed by atoms with Crippen molar-refractivity contribution in [3.8, 4) is 0 Å². The average molecular weight is 329 g/mol. The lowest BCUT2D eigenvalue weighted by Gasteiger charge is -2.33. The predicted molar refractivity (Wildman–Crippen MR) is 77.1 cm³/mol. The molecule has 0 spiro atoms. The largest absolute Gasteiger partial charge is 0.198 e. The van der Waals surface area contributed by atoms with Gasteiger partial charge in [-0.05, 0) is 11.7 Å². The van der Waals surface area contributed by atoms with Crippen molar-refractivity contribution in [3.05, 3.63) is 0 Å². The molecule has 2 N–H and O–H groups in total. The normalized spacial score (nSPS) is 15.4. The smallest absolute Gasteiger partial charge is 0.147 e. The summed E-state index contributed by atoms with van der Waals surface area (Å²) in [6.45, 7) is 1.82. The molecule has 22 heavy (non-hydrogen) atoms. The third-order valence-corrected chi connectivity index (χ3v) is 2.26. The van der Waals surface area contributed by atoms with Crippen LogP contribution in [0.5, 0.6) is 0 Å². The maximum atomic E-state index is 5.81. The lowest BCUT2D eigenvalue weighted by atomic mass is 10.7. The second-order valence-electron chi connectivity index (χ2n) is 5.76. The van der Waals surface area contributed by atoms with E-state index in [1.54, 1.807) is 63.4 Å². The van der Waals surface area contributed by atoms with E-state index >= 15 is 0 Å². The van der Waals surface area contributed by atoms with E-state index in [1.165, 1.54) is 5.06 Å². The summed E-state index contributed by atoms with van der Waals surface area (Å²) in [6.07, 6.45) is -0.428. The average Bonchev–Trinajstić information content (AvgIpc) is 2.24. The van der Waals surface area contributed by atoms with E-state index in [1.807, 2.05) is 6.92 Å². The highest BCUT2D eigenvalue weighted by Gasteiger charge is 2.38. The summed E-state index contributed by atoms with van der Waals surface area (Å²) in [5.41, 5.74) is 5.14. The molecule has 0 amide bonds. The predicted octanol–water partition coefficient (Wildman–Crippen LogP) is -0.750. The molecule has 0 aromatic rings. The zero-order valence-electron chi connectivity index (χ0n) is 15.4. The Hall–Kier alpha value is -0.440. The number of hydrogen-bond donors (Lipinski definition) is 2. The molecule has 0 aromatic heterocycles. The molecule has 0 radical (unpaired) electrons. The van der Waals surface area contributed by atoms with Crippen molar-refractivity contribution in [2.75, 3.05) is 63.4 Å². The first-order valence-corrected chi connectivity index (χ1v) is 6.89. The van der Waals surface area contributed by atoms with Crippen molar-refractivity contribution >= 4 is 0 Å². The molecule has 0 aliphatic heterocycles. The van der Waals surface area contributed by atoms with Crippen LogP contribution in [0.4, 0.5) is 0 Å². The Morgan fingerprint density at radius 3 is 1.73 bits per heavy atom. The second-order valence-corrected chi connectivity index (χ2v) is 5.76. The van der Waals surface area contributed by atoms with Crippen molar-refractivity contribution in [2.45, 2.75) is 13.2 Å².